The number of hydrogen-bond acceptors (Lipinski definition) is 5. The van der Waals surface area contributed by atoms with Crippen molar-refractivity contribution in [1.29, 1.82) is 0 Å². The second-order valence-electron chi connectivity index (χ2n) is 6.12. The van der Waals surface area contributed by atoms with Crippen molar-refractivity contribution in [2.45, 2.75) is 31.2 Å². The summed E-state index contributed by atoms with van der Waals surface area (Å²) in [4.78, 5) is 23.5. The summed E-state index contributed by atoms with van der Waals surface area (Å²) in [7, 11) is 0. The zero-order chi connectivity index (χ0) is 18.9. The number of rotatable bonds is 5. The number of esters is 1. The van der Waals surface area contributed by atoms with Crippen molar-refractivity contribution in [1.82, 2.24) is 15.4 Å². The van der Waals surface area contributed by atoms with Crippen molar-refractivity contribution in [3.8, 4) is 0 Å². The Kier molecular flexibility index (Phi) is 4.78. The summed E-state index contributed by atoms with van der Waals surface area (Å²) < 4.78 is 5.53. The zero-order valence-corrected chi connectivity index (χ0v) is 15.2. The van der Waals surface area contributed by atoms with Crippen LogP contribution >= 0.6 is 11.6 Å². The molecule has 134 valence electrons. The predicted octanol–water partition coefficient (Wildman–Crippen LogP) is 1.24. The molecule has 0 saturated carbocycles. The van der Waals surface area contributed by atoms with E-state index in [1.165, 1.54) is 6.08 Å². The van der Waals surface area contributed by atoms with E-state index in [1.807, 2.05) is 30.3 Å². The molecular formula is C19H18ClN3O3. The molecule has 1 aliphatic carbocycles. The van der Waals surface area contributed by atoms with Gasteiger partial charge in [-0.3, -0.25) is 9.89 Å². The molecule has 6 nitrogen and oxygen atoms in total. The number of ketones is 1. The molecule has 7 heteroatoms. The molecule has 0 saturated heterocycles. The number of carbonyl (C=O) groups is 2. The number of aromatic nitrogens is 3. The highest BCUT2D eigenvalue weighted by Gasteiger charge is 2.50. The third kappa shape index (κ3) is 2.86. The first-order chi connectivity index (χ1) is 12.4. The summed E-state index contributed by atoms with van der Waals surface area (Å²) in [5.41, 5.74) is 1.42. The topological polar surface area (TPSA) is 84.9 Å². The molecule has 3 rings (SSSR count). The third-order valence-corrected chi connectivity index (χ3v) is 4.90. The Balaban J connectivity index is 2.25. The first-order valence-electron chi connectivity index (χ1n) is 8.18. The van der Waals surface area contributed by atoms with Gasteiger partial charge in [0, 0.05) is 17.2 Å². The summed E-state index contributed by atoms with van der Waals surface area (Å²) in [6.07, 6.45) is 0.801. The van der Waals surface area contributed by atoms with E-state index in [2.05, 4.69) is 22.0 Å². The van der Waals surface area contributed by atoms with E-state index in [1.54, 1.807) is 13.8 Å². The van der Waals surface area contributed by atoms with E-state index in [0.29, 0.717) is 28.3 Å². The van der Waals surface area contributed by atoms with Crippen molar-refractivity contribution in [3.63, 3.8) is 0 Å². The smallest absolute Gasteiger partial charge is 0.333 e. The fourth-order valence-corrected chi connectivity index (χ4v) is 3.45. The number of nitrogens with zero attached hydrogens (tertiary/aromatic N) is 2. The van der Waals surface area contributed by atoms with Gasteiger partial charge in [0.2, 0.25) is 0 Å². The number of nitrogens with one attached hydrogen (secondary N) is 1. The maximum Gasteiger partial charge on any atom is 0.333 e. The minimum absolute atomic E-state index is 0.236. The molecule has 2 unspecified atom stereocenters. The lowest BCUT2D eigenvalue weighted by Crippen LogP contribution is -2.54. The molecule has 1 aliphatic rings. The van der Waals surface area contributed by atoms with Crippen molar-refractivity contribution in [3.05, 3.63) is 58.7 Å². The van der Waals surface area contributed by atoms with E-state index in [0.717, 1.165) is 0 Å². The lowest BCUT2D eigenvalue weighted by atomic mass is 9.80. The minimum Gasteiger partial charge on any atom is -0.456 e. The first kappa shape index (κ1) is 18.1. The van der Waals surface area contributed by atoms with Crippen LogP contribution in [-0.4, -0.2) is 38.1 Å². The molecule has 0 radical (unpaired) electrons. The van der Waals surface area contributed by atoms with E-state index < -0.39 is 22.7 Å². The van der Waals surface area contributed by atoms with E-state index in [4.69, 9.17) is 16.3 Å². The van der Waals surface area contributed by atoms with Gasteiger partial charge in [0.15, 0.2) is 10.7 Å². The normalized spacial score (nSPS) is 20.1. The summed E-state index contributed by atoms with van der Waals surface area (Å²) in [6.45, 7) is 6.93. The Morgan fingerprint density at radius 3 is 2.69 bits per heavy atom. The molecular weight excluding hydrogens is 354 g/mol. The van der Waals surface area contributed by atoms with Gasteiger partial charge in [0.05, 0.1) is 5.35 Å². The van der Waals surface area contributed by atoms with Crippen LogP contribution in [-0.2, 0) is 14.3 Å². The summed E-state index contributed by atoms with van der Waals surface area (Å²) >= 11 is 6.92. The van der Waals surface area contributed by atoms with Gasteiger partial charge in [0.1, 0.15) is 11.5 Å². The maximum atomic E-state index is 13.0. The van der Waals surface area contributed by atoms with Gasteiger partial charge in [-0.2, -0.15) is 0 Å². The van der Waals surface area contributed by atoms with E-state index in [-0.39, 0.29) is 5.57 Å². The highest BCUT2D eigenvalue weighted by Crippen LogP contribution is 2.39. The van der Waals surface area contributed by atoms with Gasteiger partial charge in [0.25, 0.3) is 0 Å². The molecule has 1 heterocycles. The number of H-pyrrole nitrogens is 1. The average molecular weight is 372 g/mol. The lowest BCUT2D eigenvalue weighted by Gasteiger charge is -2.35. The number of hydrogen-bond donors (Lipinski definition) is 1. The third-order valence-electron chi connectivity index (χ3n) is 4.28. The first-order valence-corrected chi connectivity index (χ1v) is 8.56. The molecule has 2 aromatic rings. The minimum atomic E-state index is -1.61. The fourth-order valence-electron chi connectivity index (χ4n) is 3.00. The Morgan fingerprint density at radius 1 is 1.38 bits per heavy atom. The number of alkyl halides is 1. The van der Waals surface area contributed by atoms with Gasteiger partial charge in [-0.05, 0) is 18.9 Å². The Hall–Kier alpha value is -2.73. The molecule has 1 aromatic heterocycles. The van der Waals surface area contributed by atoms with Crippen LogP contribution < -0.4 is 10.7 Å². The highest BCUT2D eigenvalue weighted by molar-refractivity contribution is 6.47. The number of aromatic amines is 1. The van der Waals surface area contributed by atoms with Gasteiger partial charge in [-0.1, -0.05) is 49.0 Å². The number of ether oxygens (including phenoxy) is 1. The lowest BCUT2D eigenvalue weighted by molar-refractivity contribution is -0.146. The maximum absolute atomic E-state index is 13.0. The van der Waals surface area contributed by atoms with Crippen LogP contribution in [0.2, 0.25) is 0 Å². The van der Waals surface area contributed by atoms with Crippen LogP contribution in [0.15, 0.2) is 42.5 Å². The number of carbonyl (C=O) groups excluding carboxylic acids is 2. The van der Waals surface area contributed by atoms with Gasteiger partial charge in [-0.25, -0.2) is 4.79 Å². The van der Waals surface area contributed by atoms with Crippen molar-refractivity contribution < 1.29 is 14.3 Å². The van der Waals surface area contributed by atoms with Crippen LogP contribution in [0.4, 0.5) is 0 Å². The zero-order valence-electron chi connectivity index (χ0n) is 14.5. The summed E-state index contributed by atoms with van der Waals surface area (Å²) in [6, 6.07) is 9.19. The van der Waals surface area contributed by atoms with Crippen molar-refractivity contribution >= 4 is 35.0 Å². The molecule has 1 aromatic carbocycles. The summed E-state index contributed by atoms with van der Waals surface area (Å²) in [5, 5.41) is 11.5. The number of benzene rings is 1. The molecule has 0 fully saturated rings. The Morgan fingerprint density at radius 2 is 2.08 bits per heavy atom. The van der Waals surface area contributed by atoms with Gasteiger partial charge < -0.3 is 4.74 Å². The van der Waals surface area contributed by atoms with Crippen LogP contribution in [0, 0.1) is 0 Å². The number of Topliss-reactive ketones (excluding diaryl/α,β-unsaturated/α-hetero) is 1. The van der Waals surface area contributed by atoms with E-state index >= 15 is 0 Å². The molecule has 0 amide bonds. The van der Waals surface area contributed by atoms with Crippen LogP contribution in [0.1, 0.15) is 25.8 Å². The largest absolute Gasteiger partial charge is 0.456 e. The Bertz CT molecular complexity index is 997. The SMILES string of the molecule is C=C(C)C(=O)OC(CC)C1(Cl)C(=O)C=c2[nH]nnc2=C1c1ccccc1. The average Bonchev–Trinajstić information content (AvgIpc) is 3.08. The van der Waals surface area contributed by atoms with Crippen molar-refractivity contribution in [2.75, 3.05) is 0 Å². The molecule has 0 bridgehead atoms. The monoisotopic (exact) mass is 371 g/mol. The van der Waals surface area contributed by atoms with Crippen molar-refractivity contribution in [2.24, 2.45) is 0 Å². The molecule has 0 spiro atoms. The van der Waals surface area contributed by atoms with E-state index in [9.17, 15) is 9.59 Å². The van der Waals surface area contributed by atoms with Gasteiger partial charge in [-0.15, -0.1) is 16.7 Å². The molecule has 26 heavy (non-hydrogen) atoms. The fraction of sp³-hybridized carbons (Fsp3) is 0.263. The quantitative estimate of drug-likeness (QED) is 0.485. The van der Waals surface area contributed by atoms with Crippen LogP contribution in [0.3, 0.4) is 0 Å². The predicted molar refractivity (Wildman–Crippen MR) is 97.6 cm³/mol. The summed E-state index contributed by atoms with van der Waals surface area (Å²) in [5.74, 6) is -0.985. The van der Waals surface area contributed by atoms with Crippen LogP contribution in [0.5, 0.6) is 0 Å². The van der Waals surface area contributed by atoms with Gasteiger partial charge >= 0.3 is 5.97 Å². The molecule has 2 atom stereocenters. The molecule has 1 N–H and O–H groups in total. The van der Waals surface area contributed by atoms with Crippen LogP contribution in [0.25, 0.3) is 11.6 Å². The highest BCUT2D eigenvalue weighted by atomic mass is 35.5. The second kappa shape index (κ2) is 6.88. The number of fused-ring (bicyclic) bond motifs is 1. The standard InChI is InChI=1S/C19H18ClN3O3/c1-4-15(26-18(25)11(2)3)19(20)14(24)10-13-17(22-23-21-13)16(19)12-8-6-5-7-9-12/h5-10,15H,2,4H2,1,3H3,(H,21,22). The molecule has 0 aliphatic heterocycles. The second-order valence-corrected chi connectivity index (χ2v) is 6.71. The Labute approximate surface area is 155 Å². The number of halogens is 1.